The van der Waals surface area contributed by atoms with Crippen LogP contribution in [0.5, 0.6) is 5.75 Å². The van der Waals surface area contributed by atoms with Crippen molar-refractivity contribution in [2.24, 2.45) is 29.4 Å². The lowest BCUT2D eigenvalue weighted by Crippen LogP contribution is -2.74. The van der Waals surface area contributed by atoms with Crippen LogP contribution < -0.4 is 5.73 Å². The normalized spacial score (nSPS) is 30.1. The van der Waals surface area contributed by atoms with Crippen molar-refractivity contribution in [3.8, 4) is 17.0 Å². The number of nitrogens with zero attached hydrogens (tertiary/aromatic N) is 2. The number of aromatic hydroxyl groups is 1. The number of phenols is 1. The van der Waals surface area contributed by atoms with Crippen LogP contribution in [-0.2, 0) is 32.0 Å². The number of hydrogen-bond acceptors (Lipinski definition) is 9. The van der Waals surface area contributed by atoms with E-state index in [2.05, 4.69) is 4.98 Å². The third-order valence-electron chi connectivity index (χ3n) is 8.60. The van der Waals surface area contributed by atoms with Crippen molar-refractivity contribution in [3.05, 3.63) is 47.2 Å². The Labute approximate surface area is 225 Å². The molecule has 1 amide bonds. The highest BCUT2D eigenvalue weighted by molar-refractivity contribution is 6.32. The number of ketones is 4. The van der Waals surface area contributed by atoms with E-state index in [1.165, 1.54) is 4.90 Å². The van der Waals surface area contributed by atoms with Crippen LogP contribution in [-0.4, -0.2) is 74.9 Å². The second-order valence-electron chi connectivity index (χ2n) is 11.0. The van der Waals surface area contributed by atoms with Crippen LogP contribution in [0, 0.1) is 23.7 Å². The van der Waals surface area contributed by atoms with E-state index in [4.69, 9.17) is 5.73 Å². The quantitative estimate of drug-likeness (QED) is 0.473. The van der Waals surface area contributed by atoms with Crippen molar-refractivity contribution in [3.63, 3.8) is 0 Å². The second kappa shape index (κ2) is 9.46. The molecule has 1 aromatic carbocycles. The minimum Gasteiger partial charge on any atom is -0.507 e. The van der Waals surface area contributed by atoms with Crippen LogP contribution in [0.1, 0.15) is 41.3 Å². The van der Waals surface area contributed by atoms with E-state index in [-0.39, 0.29) is 24.2 Å². The summed E-state index contributed by atoms with van der Waals surface area (Å²) in [5, 5.41) is 22.9. The fourth-order valence-electron chi connectivity index (χ4n) is 6.94. The summed E-state index contributed by atoms with van der Waals surface area (Å²) >= 11 is 0. The van der Waals surface area contributed by atoms with Gasteiger partial charge in [0, 0.05) is 17.7 Å². The van der Waals surface area contributed by atoms with E-state index in [1.807, 2.05) is 19.1 Å². The number of amides is 1. The van der Waals surface area contributed by atoms with E-state index in [9.17, 15) is 34.2 Å². The zero-order valence-electron chi connectivity index (χ0n) is 22.0. The molecule has 0 aliphatic heterocycles. The van der Waals surface area contributed by atoms with Gasteiger partial charge in [0.25, 0.3) is 0 Å². The number of aliphatic hydroxyl groups is 1. The predicted molar refractivity (Wildman–Crippen MR) is 139 cm³/mol. The van der Waals surface area contributed by atoms with E-state index in [0.29, 0.717) is 35.2 Å². The third-order valence-corrected chi connectivity index (χ3v) is 8.60. The van der Waals surface area contributed by atoms with E-state index < -0.39 is 64.4 Å². The first-order valence-corrected chi connectivity index (χ1v) is 13.1. The van der Waals surface area contributed by atoms with Gasteiger partial charge in [0.1, 0.15) is 5.75 Å². The Morgan fingerprint density at radius 3 is 2.49 bits per heavy atom. The highest BCUT2D eigenvalue weighted by Crippen LogP contribution is 2.52. The third kappa shape index (κ3) is 3.76. The number of primary amides is 1. The van der Waals surface area contributed by atoms with Crippen LogP contribution in [0.25, 0.3) is 11.3 Å². The maximum atomic E-state index is 14.0. The van der Waals surface area contributed by atoms with Gasteiger partial charge >= 0.3 is 0 Å². The molecular formula is C29H31N3O7. The molecule has 204 valence electrons. The fraction of sp³-hybridized carbons (Fsp3) is 0.448. The first kappa shape index (κ1) is 26.8. The summed E-state index contributed by atoms with van der Waals surface area (Å²) in [5.41, 5.74) is 4.97. The lowest BCUT2D eigenvalue weighted by molar-refractivity contribution is -0.181. The number of carbonyl (C=O) groups excluding carboxylic acids is 5. The molecule has 2 aromatic rings. The van der Waals surface area contributed by atoms with Gasteiger partial charge in [-0.3, -0.25) is 33.9 Å². The van der Waals surface area contributed by atoms with Crippen molar-refractivity contribution in [2.45, 2.75) is 44.2 Å². The van der Waals surface area contributed by atoms with Gasteiger partial charge in [-0.1, -0.05) is 19.4 Å². The molecule has 1 heterocycles. The van der Waals surface area contributed by atoms with Crippen molar-refractivity contribution < 1.29 is 34.2 Å². The number of likely N-dealkylation sites (N-methyl/N-ethyl adjacent to an activating group) is 1. The van der Waals surface area contributed by atoms with Crippen molar-refractivity contribution >= 4 is 29.0 Å². The molecule has 4 N–H and O–H groups in total. The molecule has 0 bridgehead atoms. The Hall–Kier alpha value is -3.76. The number of phenolic OH excluding ortho intramolecular Hbond substituents is 1. The molecule has 3 aliphatic rings. The summed E-state index contributed by atoms with van der Waals surface area (Å²) in [6, 6.07) is 6.07. The zero-order chi connectivity index (χ0) is 28.4. The smallest absolute Gasteiger partial charge is 0.235 e. The highest BCUT2D eigenvalue weighted by atomic mass is 16.3. The maximum absolute atomic E-state index is 14.0. The largest absolute Gasteiger partial charge is 0.507 e. The number of pyridine rings is 1. The van der Waals surface area contributed by atoms with Crippen molar-refractivity contribution in [1.29, 1.82) is 0 Å². The number of nitrogens with two attached hydrogens (primary N) is 1. The van der Waals surface area contributed by atoms with Gasteiger partial charge in [-0.15, -0.1) is 0 Å². The Bertz CT molecular complexity index is 1420. The van der Waals surface area contributed by atoms with Crippen LogP contribution in [0.2, 0.25) is 0 Å². The molecular weight excluding hydrogens is 502 g/mol. The number of hydrogen-bond donors (Lipinski definition) is 3. The topological polar surface area (TPSA) is 168 Å². The molecule has 2 saturated carbocycles. The molecule has 39 heavy (non-hydrogen) atoms. The van der Waals surface area contributed by atoms with E-state index in [0.717, 1.165) is 0 Å². The minimum atomic E-state index is -2.74. The van der Waals surface area contributed by atoms with Gasteiger partial charge in [0.05, 0.1) is 23.2 Å². The number of carbonyl (C=O) groups is 5. The molecule has 2 unspecified atom stereocenters. The first-order chi connectivity index (χ1) is 18.4. The lowest BCUT2D eigenvalue weighted by atomic mass is 9.52. The monoisotopic (exact) mass is 533 g/mol. The minimum absolute atomic E-state index is 0.00300. The van der Waals surface area contributed by atoms with Crippen LogP contribution in [0.3, 0.4) is 0 Å². The van der Waals surface area contributed by atoms with Gasteiger partial charge < -0.3 is 15.9 Å². The van der Waals surface area contributed by atoms with E-state index >= 15 is 0 Å². The van der Waals surface area contributed by atoms with Crippen LogP contribution in [0.15, 0.2) is 30.5 Å². The Kier molecular flexibility index (Phi) is 6.51. The van der Waals surface area contributed by atoms with Crippen molar-refractivity contribution in [1.82, 2.24) is 9.88 Å². The predicted octanol–water partition coefficient (Wildman–Crippen LogP) is 0.881. The number of benzene rings is 1. The summed E-state index contributed by atoms with van der Waals surface area (Å²) in [6.07, 6.45) is 2.99. The molecule has 10 heteroatoms. The second-order valence-corrected chi connectivity index (χ2v) is 11.0. The summed E-state index contributed by atoms with van der Waals surface area (Å²) in [7, 11) is 3.11. The Balaban J connectivity index is 1.70. The molecule has 2 fully saturated rings. The molecule has 5 rings (SSSR count). The zero-order valence-corrected chi connectivity index (χ0v) is 22.0. The Morgan fingerprint density at radius 1 is 1.18 bits per heavy atom. The SMILES string of the molecule is CCCc1cc(-c2ccccn2)c2c(c1O)C(=O)C1C(=O)[C@]3(O)C(=O)C(C(N)=O)C(=O)[C@@H](N(C)C)[C@@H]3C[C@@H]1C2. The average molecular weight is 534 g/mol. The number of aromatic nitrogens is 1. The number of aryl methyl sites for hydroxylation is 1. The van der Waals surface area contributed by atoms with Gasteiger partial charge in [0.2, 0.25) is 5.91 Å². The van der Waals surface area contributed by atoms with Crippen LogP contribution in [0.4, 0.5) is 0 Å². The maximum Gasteiger partial charge on any atom is 0.235 e. The molecule has 6 atom stereocenters. The first-order valence-electron chi connectivity index (χ1n) is 13.1. The van der Waals surface area contributed by atoms with Gasteiger partial charge in [0.15, 0.2) is 34.7 Å². The standard InChI is InChI=1S/C29H31N3O7/c1-4-7-13-10-15(18-8-5-6-9-31-18)16-11-14-12-17-22(32(2)3)25(35)21(28(30)38)27(37)29(17,39)26(36)19(14)24(34)20(16)23(13)33/h5-6,8-10,14,17,19,21-22,33,39H,4,7,11-12H2,1-3H3,(H2,30,38)/t14-,17-,19?,21?,22-,29-/m0/s1. The van der Waals surface area contributed by atoms with Gasteiger partial charge in [-0.05, 0) is 68.6 Å². The molecule has 0 spiro atoms. The molecule has 0 saturated heterocycles. The van der Waals surface area contributed by atoms with Crippen molar-refractivity contribution in [2.75, 3.05) is 14.1 Å². The summed E-state index contributed by atoms with van der Waals surface area (Å²) in [4.78, 5) is 72.7. The van der Waals surface area contributed by atoms with Gasteiger partial charge in [-0.2, -0.15) is 0 Å². The molecule has 0 radical (unpaired) electrons. The van der Waals surface area contributed by atoms with Crippen LogP contribution >= 0.6 is 0 Å². The lowest BCUT2D eigenvalue weighted by Gasteiger charge is -2.52. The molecule has 3 aliphatic carbocycles. The number of Topliss-reactive ketones (excluding diaryl/α,β-unsaturated/α-hetero) is 4. The number of rotatable bonds is 5. The van der Waals surface area contributed by atoms with E-state index in [1.54, 1.807) is 32.4 Å². The highest BCUT2D eigenvalue weighted by Gasteiger charge is 2.69. The Morgan fingerprint density at radius 2 is 1.90 bits per heavy atom. The average Bonchev–Trinajstić information content (AvgIpc) is 2.88. The molecule has 10 nitrogen and oxygen atoms in total. The summed E-state index contributed by atoms with van der Waals surface area (Å²) in [5.74, 6) is -10.5. The molecule has 1 aromatic heterocycles. The fourth-order valence-corrected chi connectivity index (χ4v) is 6.94. The van der Waals surface area contributed by atoms with Gasteiger partial charge in [-0.25, -0.2) is 0 Å². The number of fused-ring (bicyclic) bond motifs is 3. The summed E-state index contributed by atoms with van der Waals surface area (Å²) in [6.45, 7) is 1.93. The summed E-state index contributed by atoms with van der Waals surface area (Å²) < 4.78 is 0.